The van der Waals surface area contributed by atoms with Gasteiger partial charge in [-0.15, -0.1) is 11.8 Å². The molecule has 5 heteroatoms. The van der Waals surface area contributed by atoms with Crippen molar-refractivity contribution in [3.63, 3.8) is 0 Å². The van der Waals surface area contributed by atoms with E-state index in [9.17, 15) is 0 Å². The Balaban J connectivity index is 2.25. The van der Waals surface area contributed by atoms with Crippen LogP contribution in [0.4, 0.5) is 5.69 Å². The number of halogens is 2. The molecule has 0 bridgehead atoms. The third-order valence-corrected chi connectivity index (χ3v) is 4.58. The highest BCUT2D eigenvalue weighted by Crippen LogP contribution is 2.29. The average Bonchev–Trinajstić information content (AvgIpc) is 2.66. The molecular formula is C12H9Br2NOS. The molecule has 0 radical (unpaired) electrons. The van der Waals surface area contributed by atoms with Crippen molar-refractivity contribution in [2.75, 3.05) is 6.26 Å². The first-order valence-electron chi connectivity index (χ1n) is 4.82. The molecule has 88 valence electrons. The van der Waals surface area contributed by atoms with Crippen molar-refractivity contribution < 1.29 is 4.42 Å². The summed E-state index contributed by atoms with van der Waals surface area (Å²) in [5, 5.41) is 0. The van der Waals surface area contributed by atoms with Crippen molar-refractivity contribution in [1.82, 2.24) is 0 Å². The first kappa shape index (κ1) is 12.9. The number of thioether (sulfide) groups is 1. The van der Waals surface area contributed by atoms with Gasteiger partial charge in [0.05, 0.1) is 16.4 Å². The lowest BCUT2D eigenvalue weighted by atomic mass is 10.3. The third kappa shape index (κ3) is 3.24. The Hall–Kier alpha value is -0.520. The maximum absolute atomic E-state index is 5.42. The molecule has 2 aromatic rings. The molecule has 2 rings (SSSR count). The van der Waals surface area contributed by atoms with Crippen LogP contribution in [-0.4, -0.2) is 12.5 Å². The maximum Gasteiger partial charge on any atom is 0.184 e. The Labute approximate surface area is 121 Å². The van der Waals surface area contributed by atoms with Crippen LogP contribution in [0.5, 0.6) is 0 Å². The van der Waals surface area contributed by atoms with E-state index in [1.54, 1.807) is 18.0 Å². The van der Waals surface area contributed by atoms with Gasteiger partial charge in [0.25, 0.3) is 0 Å². The number of aliphatic imine (C=N–C) groups is 1. The van der Waals surface area contributed by atoms with E-state index in [4.69, 9.17) is 4.42 Å². The smallest absolute Gasteiger partial charge is 0.184 e. The number of furan rings is 1. The van der Waals surface area contributed by atoms with Crippen LogP contribution in [0.2, 0.25) is 0 Å². The van der Waals surface area contributed by atoms with Crippen molar-refractivity contribution in [3.8, 4) is 0 Å². The standard InChI is InChI=1S/C12H9Br2NOS/c1-17-11-5-3-2-4-10(11)15-7-8-6-9(13)12(14)16-8/h2-7H,1H3. The SMILES string of the molecule is CSc1ccccc1N=Cc1cc(Br)c(Br)o1. The van der Waals surface area contributed by atoms with Gasteiger partial charge >= 0.3 is 0 Å². The molecule has 0 amide bonds. The summed E-state index contributed by atoms with van der Waals surface area (Å²) < 4.78 is 6.99. The summed E-state index contributed by atoms with van der Waals surface area (Å²) in [6, 6.07) is 9.88. The topological polar surface area (TPSA) is 25.5 Å². The highest BCUT2D eigenvalue weighted by molar-refractivity contribution is 9.13. The second-order valence-electron chi connectivity index (χ2n) is 3.20. The Bertz CT molecular complexity index is 532. The molecule has 0 fully saturated rings. The van der Waals surface area contributed by atoms with Crippen LogP contribution in [0.1, 0.15) is 5.76 Å². The van der Waals surface area contributed by atoms with Gasteiger partial charge in [-0.2, -0.15) is 0 Å². The molecule has 0 saturated heterocycles. The zero-order chi connectivity index (χ0) is 12.3. The minimum atomic E-state index is 0.678. The van der Waals surface area contributed by atoms with Crippen LogP contribution in [0.3, 0.4) is 0 Å². The van der Waals surface area contributed by atoms with E-state index >= 15 is 0 Å². The van der Waals surface area contributed by atoms with Gasteiger partial charge in [0.15, 0.2) is 4.67 Å². The summed E-state index contributed by atoms with van der Waals surface area (Å²) >= 11 is 8.33. The lowest BCUT2D eigenvalue weighted by Crippen LogP contribution is -1.76. The van der Waals surface area contributed by atoms with Gasteiger partial charge in [-0.3, -0.25) is 4.99 Å². The summed E-state index contributed by atoms with van der Waals surface area (Å²) in [6.45, 7) is 0. The number of para-hydroxylation sites is 1. The van der Waals surface area contributed by atoms with Gasteiger partial charge in [0, 0.05) is 11.0 Å². The number of hydrogen-bond acceptors (Lipinski definition) is 3. The summed E-state index contributed by atoms with van der Waals surface area (Å²) in [5.41, 5.74) is 0.948. The summed E-state index contributed by atoms with van der Waals surface area (Å²) in [7, 11) is 0. The van der Waals surface area contributed by atoms with Gasteiger partial charge in [-0.1, -0.05) is 12.1 Å². The zero-order valence-electron chi connectivity index (χ0n) is 8.98. The Morgan fingerprint density at radius 2 is 2.06 bits per heavy atom. The molecule has 0 aliphatic carbocycles. The lowest BCUT2D eigenvalue weighted by molar-refractivity contribution is 0.533. The van der Waals surface area contributed by atoms with Crippen LogP contribution in [0.15, 0.2) is 53.8 Å². The second-order valence-corrected chi connectivity index (χ2v) is 5.62. The molecule has 1 aromatic heterocycles. The fourth-order valence-corrected chi connectivity index (χ4v) is 2.45. The first-order valence-corrected chi connectivity index (χ1v) is 7.63. The molecule has 17 heavy (non-hydrogen) atoms. The minimum absolute atomic E-state index is 0.678. The molecule has 2 nitrogen and oxygen atoms in total. The van der Waals surface area contributed by atoms with Crippen molar-refractivity contribution in [3.05, 3.63) is 45.2 Å². The molecule has 0 aliphatic rings. The molecular weight excluding hydrogens is 366 g/mol. The van der Waals surface area contributed by atoms with Gasteiger partial charge in [0.1, 0.15) is 5.76 Å². The van der Waals surface area contributed by atoms with Crippen LogP contribution in [0, 0.1) is 0 Å². The molecule has 1 heterocycles. The number of nitrogens with zero attached hydrogens (tertiary/aromatic N) is 1. The van der Waals surface area contributed by atoms with Crippen molar-refractivity contribution in [2.45, 2.75) is 4.90 Å². The van der Waals surface area contributed by atoms with Crippen LogP contribution < -0.4 is 0 Å². The predicted molar refractivity (Wildman–Crippen MR) is 79.6 cm³/mol. The van der Waals surface area contributed by atoms with E-state index in [2.05, 4.69) is 36.9 Å². The quantitative estimate of drug-likeness (QED) is 0.539. The van der Waals surface area contributed by atoms with Crippen molar-refractivity contribution >= 4 is 55.5 Å². The Morgan fingerprint density at radius 1 is 1.29 bits per heavy atom. The number of benzene rings is 1. The van der Waals surface area contributed by atoms with E-state index in [1.807, 2.05) is 36.6 Å². The molecule has 0 aliphatic heterocycles. The van der Waals surface area contributed by atoms with Crippen molar-refractivity contribution in [2.24, 2.45) is 4.99 Å². The van der Waals surface area contributed by atoms with E-state index in [1.165, 1.54) is 0 Å². The molecule has 0 saturated carbocycles. The maximum atomic E-state index is 5.42. The average molecular weight is 375 g/mol. The fourth-order valence-electron chi connectivity index (χ4n) is 1.30. The molecule has 1 aromatic carbocycles. The number of hydrogen-bond donors (Lipinski definition) is 0. The monoisotopic (exact) mass is 373 g/mol. The Kier molecular flexibility index (Phi) is 4.48. The highest BCUT2D eigenvalue weighted by atomic mass is 79.9. The van der Waals surface area contributed by atoms with Gasteiger partial charge in [0.2, 0.25) is 0 Å². The van der Waals surface area contributed by atoms with E-state index in [0.717, 1.165) is 15.1 Å². The molecule has 0 spiro atoms. The van der Waals surface area contributed by atoms with Gasteiger partial charge in [-0.25, -0.2) is 0 Å². The first-order chi connectivity index (χ1) is 8.20. The Morgan fingerprint density at radius 3 is 2.71 bits per heavy atom. The highest BCUT2D eigenvalue weighted by Gasteiger charge is 2.04. The van der Waals surface area contributed by atoms with E-state index < -0.39 is 0 Å². The zero-order valence-corrected chi connectivity index (χ0v) is 13.0. The summed E-state index contributed by atoms with van der Waals surface area (Å²) in [4.78, 5) is 5.57. The largest absolute Gasteiger partial charge is 0.447 e. The normalized spacial score (nSPS) is 11.2. The third-order valence-electron chi connectivity index (χ3n) is 2.08. The lowest BCUT2D eigenvalue weighted by Gasteiger charge is -1.99. The van der Waals surface area contributed by atoms with E-state index in [-0.39, 0.29) is 0 Å². The van der Waals surface area contributed by atoms with Crippen LogP contribution >= 0.6 is 43.6 Å². The summed E-state index contributed by atoms with van der Waals surface area (Å²) in [5.74, 6) is 0.708. The molecule has 0 N–H and O–H groups in total. The predicted octanol–water partition coefficient (Wildman–Crippen LogP) is 5.28. The molecule has 0 atom stereocenters. The van der Waals surface area contributed by atoms with Gasteiger partial charge < -0.3 is 4.42 Å². The van der Waals surface area contributed by atoms with Crippen LogP contribution in [0.25, 0.3) is 0 Å². The number of rotatable bonds is 3. The van der Waals surface area contributed by atoms with E-state index in [0.29, 0.717) is 10.4 Å². The second kappa shape index (κ2) is 5.89. The summed E-state index contributed by atoms with van der Waals surface area (Å²) in [6.07, 6.45) is 3.75. The molecule has 0 unspecified atom stereocenters. The van der Waals surface area contributed by atoms with Crippen LogP contribution in [-0.2, 0) is 0 Å². The van der Waals surface area contributed by atoms with Crippen molar-refractivity contribution in [1.29, 1.82) is 0 Å². The fraction of sp³-hybridized carbons (Fsp3) is 0.0833. The minimum Gasteiger partial charge on any atom is -0.447 e. The van der Waals surface area contributed by atoms with Gasteiger partial charge in [-0.05, 0) is 50.2 Å².